The minimum absolute atomic E-state index is 0.0774. The Kier molecular flexibility index (Phi) is 4.64. The fourth-order valence-corrected chi connectivity index (χ4v) is 1.74. The Bertz CT molecular complexity index is 459. The van der Waals surface area contributed by atoms with Gasteiger partial charge in [0.15, 0.2) is 5.78 Å². The van der Waals surface area contributed by atoms with Crippen LogP contribution in [0.3, 0.4) is 0 Å². The van der Waals surface area contributed by atoms with Crippen molar-refractivity contribution in [3.05, 3.63) is 45.5 Å². The van der Waals surface area contributed by atoms with Crippen molar-refractivity contribution >= 4 is 5.78 Å². The first-order valence-electron chi connectivity index (χ1n) is 6.15. The van der Waals surface area contributed by atoms with Gasteiger partial charge in [0.2, 0.25) is 0 Å². The molecule has 1 unspecified atom stereocenters. The van der Waals surface area contributed by atoms with E-state index in [9.17, 15) is 14.9 Å². The van der Waals surface area contributed by atoms with E-state index in [1.807, 2.05) is 20.8 Å². The Morgan fingerprint density at radius 1 is 1.32 bits per heavy atom. The second-order valence-corrected chi connectivity index (χ2v) is 5.62. The van der Waals surface area contributed by atoms with Crippen LogP contribution >= 0.6 is 0 Å². The van der Waals surface area contributed by atoms with Crippen LogP contribution in [-0.2, 0) is 11.3 Å². The normalized spacial score (nSPS) is 12.8. The number of rotatable bonds is 5. The molecule has 0 aliphatic carbocycles. The predicted molar refractivity (Wildman–Crippen MR) is 71.5 cm³/mol. The summed E-state index contributed by atoms with van der Waals surface area (Å²) in [6, 6.07) is 7.11. The fourth-order valence-electron chi connectivity index (χ4n) is 1.74. The van der Waals surface area contributed by atoms with Gasteiger partial charge in [-0.05, 0) is 18.9 Å². The number of ketones is 1. The lowest BCUT2D eigenvalue weighted by molar-refractivity contribution is -0.767. The van der Waals surface area contributed by atoms with Crippen molar-refractivity contribution in [2.75, 3.05) is 0 Å². The van der Waals surface area contributed by atoms with Crippen molar-refractivity contribution in [3.8, 4) is 0 Å². The van der Waals surface area contributed by atoms with Gasteiger partial charge in [0, 0.05) is 11.0 Å². The number of carbonyl (C=O) groups excluding carboxylic acids is 1. The van der Waals surface area contributed by atoms with Crippen LogP contribution in [-0.4, -0.2) is 17.0 Å². The van der Waals surface area contributed by atoms with Crippen LogP contribution in [0.25, 0.3) is 0 Å². The van der Waals surface area contributed by atoms with E-state index in [-0.39, 0.29) is 5.78 Å². The van der Waals surface area contributed by atoms with Crippen LogP contribution in [0.5, 0.6) is 0 Å². The van der Waals surface area contributed by atoms with E-state index in [2.05, 4.69) is 4.84 Å². The second kappa shape index (κ2) is 5.82. The Morgan fingerprint density at radius 3 is 2.26 bits per heavy atom. The second-order valence-electron chi connectivity index (χ2n) is 5.62. The van der Waals surface area contributed by atoms with Gasteiger partial charge in [-0.25, -0.2) is 0 Å². The molecule has 1 aromatic carbocycles. The molecule has 0 bridgehead atoms. The van der Waals surface area contributed by atoms with Gasteiger partial charge >= 0.3 is 0 Å². The van der Waals surface area contributed by atoms with Gasteiger partial charge in [-0.15, -0.1) is 10.1 Å². The van der Waals surface area contributed by atoms with Gasteiger partial charge < -0.3 is 4.84 Å². The highest BCUT2D eigenvalue weighted by molar-refractivity contribution is 5.99. The summed E-state index contributed by atoms with van der Waals surface area (Å²) in [5.74, 6) is 0.0774. The fraction of sp³-hybridized carbons (Fsp3) is 0.500. The van der Waals surface area contributed by atoms with Crippen LogP contribution in [0.4, 0.5) is 0 Å². The molecule has 1 aromatic rings. The number of Topliss-reactive ketones (excluding diaryl/α,β-unsaturated/α-hetero) is 1. The molecule has 5 nitrogen and oxygen atoms in total. The molecule has 0 aromatic heterocycles. The summed E-state index contributed by atoms with van der Waals surface area (Å²) < 4.78 is 0. The zero-order valence-electron chi connectivity index (χ0n) is 11.7. The third-order valence-corrected chi connectivity index (χ3v) is 2.69. The molecule has 5 heteroatoms. The molecule has 0 spiro atoms. The number of nitrogens with zero attached hydrogens (tertiary/aromatic N) is 1. The first kappa shape index (κ1) is 15.1. The van der Waals surface area contributed by atoms with E-state index in [1.54, 1.807) is 31.2 Å². The molecule has 0 heterocycles. The molecule has 0 amide bonds. The Balaban J connectivity index is 2.72. The first-order valence-corrected chi connectivity index (χ1v) is 6.15. The molecule has 0 radical (unpaired) electrons. The van der Waals surface area contributed by atoms with Gasteiger partial charge in [-0.2, -0.15) is 0 Å². The molecule has 0 N–H and O–H groups in total. The zero-order chi connectivity index (χ0) is 14.6. The third kappa shape index (κ3) is 4.69. The van der Waals surface area contributed by atoms with Crippen LogP contribution in [0.1, 0.15) is 43.6 Å². The predicted octanol–water partition coefficient (Wildman–Crippen LogP) is 3.05. The topological polar surface area (TPSA) is 69.4 Å². The quantitative estimate of drug-likeness (QED) is 0.466. The van der Waals surface area contributed by atoms with Gasteiger partial charge in [-0.1, -0.05) is 45.0 Å². The van der Waals surface area contributed by atoms with Crippen molar-refractivity contribution in [1.82, 2.24) is 0 Å². The highest BCUT2D eigenvalue weighted by atomic mass is 17.0. The maximum absolute atomic E-state index is 12.0. The number of hydrogen-bond donors (Lipinski definition) is 0. The molecule has 19 heavy (non-hydrogen) atoms. The minimum Gasteiger partial charge on any atom is -0.311 e. The first-order chi connectivity index (χ1) is 8.70. The van der Waals surface area contributed by atoms with Gasteiger partial charge in [0.1, 0.15) is 6.10 Å². The number of hydrogen-bond acceptors (Lipinski definition) is 4. The largest absolute Gasteiger partial charge is 0.311 e. The standard InChI is InChI=1S/C14H19NO4/c1-10(19-15(17)18)9-11-5-7-12(8-6-11)13(16)14(2,3)4/h5-8,10H,9H2,1-4H3. The van der Waals surface area contributed by atoms with E-state index < -0.39 is 16.6 Å². The summed E-state index contributed by atoms with van der Waals surface area (Å²) in [5, 5.41) is 9.40. The Morgan fingerprint density at radius 2 is 1.84 bits per heavy atom. The molecule has 0 aliphatic rings. The van der Waals surface area contributed by atoms with E-state index in [1.165, 1.54) is 0 Å². The summed E-state index contributed by atoms with van der Waals surface area (Å²) in [6.07, 6.45) is -0.0653. The van der Waals surface area contributed by atoms with Crippen molar-refractivity contribution in [3.63, 3.8) is 0 Å². The highest BCUT2D eigenvalue weighted by Gasteiger charge is 2.22. The molecule has 1 atom stereocenters. The Hall–Kier alpha value is -1.91. The van der Waals surface area contributed by atoms with Crippen LogP contribution in [0.2, 0.25) is 0 Å². The van der Waals surface area contributed by atoms with E-state index in [4.69, 9.17) is 0 Å². The van der Waals surface area contributed by atoms with Gasteiger partial charge in [0.05, 0.1) is 0 Å². The monoisotopic (exact) mass is 265 g/mol. The summed E-state index contributed by atoms with van der Waals surface area (Å²) in [7, 11) is 0. The molecular formula is C14H19NO4. The molecule has 0 aliphatic heterocycles. The summed E-state index contributed by atoms with van der Waals surface area (Å²) >= 11 is 0. The molecular weight excluding hydrogens is 246 g/mol. The maximum atomic E-state index is 12.0. The number of carbonyl (C=O) groups is 1. The van der Waals surface area contributed by atoms with Gasteiger partial charge in [-0.3, -0.25) is 4.79 Å². The zero-order valence-corrected chi connectivity index (χ0v) is 11.7. The van der Waals surface area contributed by atoms with Crippen molar-refractivity contribution < 1.29 is 14.7 Å². The molecule has 1 rings (SSSR count). The SMILES string of the molecule is CC(Cc1ccc(C(=O)C(C)(C)C)cc1)O[N+](=O)[O-]. The molecule has 0 fully saturated rings. The van der Waals surface area contributed by atoms with E-state index >= 15 is 0 Å². The molecule has 0 saturated carbocycles. The van der Waals surface area contributed by atoms with Crippen molar-refractivity contribution in [2.24, 2.45) is 5.41 Å². The molecule has 0 saturated heterocycles. The smallest absolute Gasteiger partial charge is 0.294 e. The lowest BCUT2D eigenvalue weighted by atomic mass is 9.86. The Labute approximate surface area is 112 Å². The lowest BCUT2D eigenvalue weighted by Gasteiger charge is -2.17. The van der Waals surface area contributed by atoms with Crippen LogP contribution < -0.4 is 0 Å². The average molecular weight is 265 g/mol. The van der Waals surface area contributed by atoms with E-state index in [0.29, 0.717) is 12.0 Å². The summed E-state index contributed by atoms with van der Waals surface area (Å²) in [4.78, 5) is 26.7. The van der Waals surface area contributed by atoms with Gasteiger partial charge in [0.25, 0.3) is 5.09 Å². The van der Waals surface area contributed by atoms with E-state index in [0.717, 1.165) is 5.56 Å². The van der Waals surface area contributed by atoms with Crippen LogP contribution in [0, 0.1) is 15.5 Å². The maximum Gasteiger partial charge on any atom is 0.294 e. The lowest BCUT2D eigenvalue weighted by Crippen LogP contribution is -2.20. The van der Waals surface area contributed by atoms with Crippen molar-refractivity contribution in [2.45, 2.75) is 40.2 Å². The summed E-state index contributed by atoms with van der Waals surface area (Å²) in [5.41, 5.74) is 1.14. The molecule has 104 valence electrons. The van der Waals surface area contributed by atoms with Crippen molar-refractivity contribution in [1.29, 1.82) is 0 Å². The number of benzene rings is 1. The minimum atomic E-state index is -0.790. The average Bonchev–Trinajstić information content (AvgIpc) is 2.26. The summed E-state index contributed by atoms with van der Waals surface area (Å²) in [6.45, 7) is 7.25. The third-order valence-electron chi connectivity index (χ3n) is 2.69. The van der Waals surface area contributed by atoms with Crippen LogP contribution in [0.15, 0.2) is 24.3 Å². The highest BCUT2D eigenvalue weighted by Crippen LogP contribution is 2.21.